The lowest BCUT2D eigenvalue weighted by Crippen LogP contribution is -2.44. The van der Waals surface area contributed by atoms with Crippen LogP contribution in [0.4, 0.5) is 0 Å². The van der Waals surface area contributed by atoms with E-state index >= 15 is 0 Å². The largest absolute Gasteiger partial charge is 0.458 e. The van der Waals surface area contributed by atoms with Crippen molar-refractivity contribution in [3.63, 3.8) is 0 Å². The summed E-state index contributed by atoms with van der Waals surface area (Å²) in [7, 11) is 0. The number of carbonyl (C=O) groups is 6. The lowest BCUT2D eigenvalue weighted by Gasteiger charge is -2.30. The van der Waals surface area contributed by atoms with Crippen molar-refractivity contribution in [2.24, 2.45) is 11.8 Å². The zero-order valence-corrected chi connectivity index (χ0v) is 21.4. The Bertz CT molecular complexity index is 658. The Morgan fingerprint density at radius 3 is 1.00 bits per heavy atom. The monoisotopic (exact) mass is 468 g/mol. The van der Waals surface area contributed by atoms with Crippen LogP contribution >= 0.6 is 0 Å². The van der Waals surface area contributed by atoms with Crippen LogP contribution in [-0.2, 0) is 38.2 Å². The number of rotatable bonds is 16. The molecule has 0 saturated heterocycles. The molecule has 0 aromatic heterocycles. The zero-order chi connectivity index (χ0) is 26.0. The van der Waals surface area contributed by atoms with E-state index in [1.54, 1.807) is 27.7 Å². The first-order valence-electron chi connectivity index (χ1n) is 11.5. The predicted molar refractivity (Wildman–Crippen MR) is 122 cm³/mol. The van der Waals surface area contributed by atoms with Crippen LogP contribution < -0.4 is 0 Å². The van der Waals surface area contributed by atoms with Crippen molar-refractivity contribution in [1.29, 1.82) is 0 Å². The molecule has 0 heterocycles. The van der Waals surface area contributed by atoms with E-state index in [-0.39, 0.29) is 36.0 Å². The summed E-state index contributed by atoms with van der Waals surface area (Å²) in [5.74, 6) is -4.20. The van der Waals surface area contributed by atoms with Gasteiger partial charge in [0.15, 0.2) is 0 Å². The minimum atomic E-state index is -1.19. The molecule has 0 fully saturated rings. The van der Waals surface area contributed by atoms with Gasteiger partial charge >= 0.3 is 11.9 Å². The SMILES string of the molecule is CC(=O)C(C(C)=O)C(C)(C)OC(=O)CCCCCCCC(=O)OC(C)(C)C(C(C)=O)C(C)=O. The molecule has 188 valence electrons. The van der Waals surface area contributed by atoms with Gasteiger partial charge in [-0.15, -0.1) is 0 Å². The highest BCUT2D eigenvalue weighted by Crippen LogP contribution is 2.26. The summed E-state index contributed by atoms with van der Waals surface area (Å²) in [5, 5.41) is 0. The highest BCUT2D eigenvalue weighted by molar-refractivity contribution is 6.02. The molecule has 8 heteroatoms. The molecule has 0 aromatic rings. The average molecular weight is 469 g/mol. The van der Waals surface area contributed by atoms with Crippen LogP contribution in [0.25, 0.3) is 0 Å². The van der Waals surface area contributed by atoms with Gasteiger partial charge in [-0.2, -0.15) is 0 Å². The molecule has 0 saturated carbocycles. The van der Waals surface area contributed by atoms with E-state index in [9.17, 15) is 28.8 Å². The van der Waals surface area contributed by atoms with Crippen LogP contribution in [0.2, 0.25) is 0 Å². The topological polar surface area (TPSA) is 121 Å². The summed E-state index contributed by atoms with van der Waals surface area (Å²) in [6.45, 7) is 11.5. The van der Waals surface area contributed by atoms with E-state index in [2.05, 4.69) is 0 Å². The average Bonchev–Trinajstić information content (AvgIpc) is 2.57. The molecular weight excluding hydrogens is 428 g/mol. The van der Waals surface area contributed by atoms with Crippen LogP contribution in [0, 0.1) is 11.8 Å². The number of esters is 2. The van der Waals surface area contributed by atoms with Crippen molar-refractivity contribution in [2.75, 3.05) is 0 Å². The summed E-state index contributed by atoms with van der Waals surface area (Å²) in [4.78, 5) is 71.1. The Morgan fingerprint density at radius 1 is 0.515 bits per heavy atom. The number of ether oxygens (including phenoxy) is 2. The van der Waals surface area contributed by atoms with Gasteiger partial charge in [-0.25, -0.2) is 0 Å². The molecule has 0 aliphatic rings. The molecule has 0 bridgehead atoms. The molecule has 33 heavy (non-hydrogen) atoms. The molecule has 0 amide bonds. The van der Waals surface area contributed by atoms with Gasteiger partial charge in [0, 0.05) is 12.8 Å². The molecule has 0 aliphatic heterocycles. The Balaban J connectivity index is 4.27. The highest BCUT2D eigenvalue weighted by atomic mass is 16.6. The fourth-order valence-electron chi connectivity index (χ4n) is 4.41. The van der Waals surface area contributed by atoms with E-state index in [4.69, 9.17) is 9.47 Å². The first-order valence-corrected chi connectivity index (χ1v) is 11.5. The molecule has 0 rings (SSSR count). The molecule has 0 spiro atoms. The minimum absolute atomic E-state index is 0.180. The van der Waals surface area contributed by atoms with Gasteiger partial charge in [-0.3, -0.25) is 28.8 Å². The molecule has 0 radical (unpaired) electrons. The van der Waals surface area contributed by atoms with Crippen LogP contribution in [0.3, 0.4) is 0 Å². The lowest BCUT2D eigenvalue weighted by molar-refractivity contribution is -0.167. The number of ketones is 4. The third-order valence-corrected chi connectivity index (χ3v) is 5.53. The Labute approximate surface area is 197 Å². The number of unbranched alkanes of at least 4 members (excludes halogenated alkanes) is 4. The van der Waals surface area contributed by atoms with Gasteiger partial charge in [0.2, 0.25) is 0 Å². The Kier molecular flexibility index (Phi) is 12.4. The fraction of sp³-hybridized carbons (Fsp3) is 0.760. The van der Waals surface area contributed by atoms with E-state index in [1.807, 2.05) is 0 Å². The summed E-state index contributed by atoms with van der Waals surface area (Å²) in [6.07, 6.45) is 3.87. The summed E-state index contributed by atoms with van der Waals surface area (Å²) >= 11 is 0. The third-order valence-electron chi connectivity index (χ3n) is 5.53. The van der Waals surface area contributed by atoms with E-state index in [0.29, 0.717) is 12.8 Å². The molecule has 8 nitrogen and oxygen atoms in total. The van der Waals surface area contributed by atoms with Gasteiger partial charge in [0.05, 0.1) is 0 Å². The van der Waals surface area contributed by atoms with Gasteiger partial charge in [0.1, 0.15) is 46.2 Å². The van der Waals surface area contributed by atoms with E-state index in [0.717, 1.165) is 19.3 Å². The molecule has 0 atom stereocenters. The van der Waals surface area contributed by atoms with Gasteiger partial charge < -0.3 is 9.47 Å². The molecule has 0 unspecified atom stereocenters. The van der Waals surface area contributed by atoms with Crippen molar-refractivity contribution in [3.05, 3.63) is 0 Å². The van der Waals surface area contributed by atoms with Crippen molar-refractivity contribution >= 4 is 35.1 Å². The second-order valence-electron chi connectivity index (χ2n) is 9.73. The van der Waals surface area contributed by atoms with Crippen LogP contribution in [0.5, 0.6) is 0 Å². The summed E-state index contributed by atoms with van der Waals surface area (Å²) < 4.78 is 10.8. The molecule has 0 N–H and O–H groups in total. The number of hydrogen-bond acceptors (Lipinski definition) is 8. The smallest absolute Gasteiger partial charge is 0.306 e. The minimum Gasteiger partial charge on any atom is -0.458 e. The number of hydrogen-bond donors (Lipinski definition) is 0. The quantitative estimate of drug-likeness (QED) is 0.190. The van der Waals surface area contributed by atoms with Gasteiger partial charge in [0.25, 0.3) is 0 Å². The van der Waals surface area contributed by atoms with E-state index < -0.39 is 35.0 Å². The number of carbonyl (C=O) groups excluding carboxylic acids is 6. The standard InChI is InChI=1S/C25H40O8/c1-16(26)22(17(2)27)24(5,6)32-20(30)14-12-10-9-11-13-15-21(31)33-25(7,8)23(18(3)28)19(4)29/h22-23H,9-15H2,1-8H3. The summed E-state index contributed by atoms with van der Waals surface area (Å²) in [5.41, 5.74) is -2.38. The van der Waals surface area contributed by atoms with Gasteiger partial charge in [-0.05, 0) is 68.2 Å². The van der Waals surface area contributed by atoms with Crippen molar-refractivity contribution in [2.45, 2.75) is 112 Å². The first kappa shape index (κ1) is 30.6. The van der Waals surface area contributed by atoms with Crippen molar-refractivity contribution < 1.29 is 38.2 Å². The second kappa shape index (κ2) is 13.4. The molecular formula is C25H40O8. The second-order valence-corrected chi connectivity index (χ2v) is 9.73. The first-order chi connectivity index (χ1) is 15.0. The van der Waals surface area contributed by atoms with Crippen molar-refractivity contribution in [3.8, 4) is 0 Å². The Morgan fingerprint density at radius 2 is 0.758 bits per heavy atom. The lowest BCUT2D eigenvalue weighted by atomic mass is 9.84. The molecule has 0 aromatic carbocycles. The van der Waals surface area contributed by atoms with Crippen LogP contribution in [-0.4, -0.2) is 46.3 Å². The predicted octanol–water partition coefficient (Wildman–Crippen LogP) is 3.95. The van der Waals surface area contributed by atoms with E-state index in [1.165, 1.54) is 27.7 Å². The summed E-state index contributed by atoms with van der Waals surface area (Å²) in [6, 6.07) is 0. The number of Topliss-reactive ketones (excluding diaryl/α,β-unsaturated/α-hetero) is 4. The Hall–Kier alpha value is -2.38. The third kappa shape index (κ3) is 10.9. The van der Waals surface area contributed by atoms with Crippen LogP contribution in [0.1, 0.15) is 100 Å². The van der Waals surface area contributed by atoms with Crippen LogP contribution in [0.15, 0.2) is 0 Å². The normalized spacial score (nSPS) is 11.9. The molecule has 0 aliphatic carbocycles. The fourth-order valence-corrected chi connectivity index (χ4v) is 4.41. The highest BCUT2D eigenvalue weighted by Gasteiger charge is 2.40. The maximum Gasteiger partial charge on any atom is 0.306 e. The van der Waals surface area contributed by atoms with Crippen molar-refractivity contribution in [1.82, 2.24) is 0 Å². The maximum absolute atomic E-state index is 12.1. The maximum atomic E-state index is 12.1. The zero-order valence-electron chi connectivity index (χ0n) is 21.4. The van der Waals surface area contributed by atoms with Gasteiger partial charge in [-0.1, -0.05) is 19.3 Å².